The van der Waals surface area contributed by atoms with Gasteiger partial charge in [0.25, 0.3) is 0 Å². The number of rotatable bonds is 9. The summed E-state index contributed by atoms with van der Waals surface area (Å²) in [4.78, 5) is 3.73. The van der Waals surface area contributed by atoms with Crippen LogP contribution in [0.25, 0.3) is 10.8 Å². The Morgan fingerprint density at radius 1 is 1.03 bits per heavy atom. The Hall–Kier alpha value is -2.58. The summed E-state index contributed by atoms with van der Waals surface area (Å²) < 4.78 is 5.54. The maximum atomic E-state index is 9.23. The van der Waals surface area contributed by atoms with Crippen molar-refractivity contribution < 1.29 is 22.0 Å². The Kier molecular flexibility index (Phi) is 7.92. The molecule has 0 amide bonds. The van der Waals surface area contributed by atoms with Crippen molar-refractivity contribution in [3.63, 3.8) is 0 Å². The molecule has 0 aromatic heterocycles. The third-order valence-corrected chi connectivity index (χ3v) is 6.13. The van der Waals surface area contributed by atoms with E-state index in [1.54, 1.807) is 0 Å². The van der Waals surface area contributed by atoms with Crippen LogP contribution in [0.1, 0.15) is 37.4 Å². The Morgan fingerprint density at radius 3 is 2.45 bits per heavy atom. The number of likely N-dealkylation sites (N-methyl/N-ethyl adjacent to an activating group) is 1. The number of nitriles is 1. The molecule has 5 heteroatoms. The van der Waals surface area contributed by atoms with Crippen LogP contribution in [0.2, 0.25) is 0 Å². The quantitative estimate of drug-likeness (QED) is 0.514. The second kappa shape index (κ2) is 10.6. The molecule has 2 atom stereocenters. The lowest BCUT2D eigenvalue weighted by Gasteiger charge is -2.25. The van der Waals surface area contributed by atoms with E-state index in [0.717, 1.165) is 32.8 Å². The zero-order valence-corrected chi connectivity index (χ0v) is 19.0. The molecule has 1 aliphatic rings. The van der Waals surface area contributed by atoms with Gasteiger partial charge < -0.3 is 22.0 Å². The molecule has 2 unspecified atom stereocenters. The van der Waals surface area contributed by atoms with Crippen LogP contribution in [0, 0.1) is 11.3 Å². The van der Waals surface area contributed by atoms with Gasteiger partial charge in [-0.25, -0.2) is 0 Å². The summed E-state index contributed by atoms with van der Waals surface area (Å²) in [6, 6.07) is 24.7. The van der Waals surface area contributed by atoms with Gasteiger partial charge in [-0.15, -0.1) is 0 Å². The lowest BCUT2D eigenvalue weighted by molar-refractivity contribution is -0.855. The average Bonchev–Trinajstić information content (AvgIpc) is 3.11. The third-order valence-electron chi connectivity index (χ3n) is 6.13. The van der Waals surface area contributed by atoms with Crippen LogP contribution >= 0.6 is 0 Å². The SMILES string of the molecule is CCOCCN(CC)c1ccc(C2c3cccc4cccc(c34)[NH+]2CCC#N)cc1.[Cl-]. The van der Waals surface area contributed by atoms with E-state index in [-0.39, 0.29) is 18.4 Å². The molecule has 0 fully saturated rings. The number of anilines is 1. The van der Waals surface area contributed by atoms with Gasteiger partial charge in [-0.05, 0) is 37.4 Å². The fraction of sp³-hybridized carbons (Fsp3) is 0.346. The Balaban J connectivity index is 0.00000272. The van der Waals surface area contributed by atoms with E-state index < -0.39 is 0 Å². The summed E-state index contributed by atoms with van der Waals surface area (Å²) >= 11 is 0. The van der Waals surface area contributed by atoms with E-state index in [1.165, 1.54) is 38.2 Å². The maximum absolute atomic E-state index is 9.23. The highest BCUT2D eigenvalue weighted by Crippen LogP contribution is 2.37. The smallest absolute Gasteiger partial charge is 0.144 e. The minimum atomic E-state index is 0. The van der Waals surface area contributed by atoms with E-state index in [1.807, 2.05) is 6.92 Å². The van der Waals surface area contributed by atoms with Gasteiger partial charge >= 0.3 is 0 Å². The van der Waals surface area contributed by atoms with Gasteiger partial charge in [0.05, 0.1) is 31.0 Å². The summed E-state index contributed by atoms with van der Waals surface area (Å²) in [5.74, 6) is 0. The predicted octanol–water partition coefficient (Wildman–Crippen LogP) is 1.24. The third kappa shape index (κ3) is 4.55. The van der Waals surface area contributed by atoms with Crippen molar-refractivity contribution in [3.8, 4) is 6.07 Å². The number of hydrogen-bond donors (Lipinski definition) is 1. The fourth-order valence-electron chi connectivity index (χ4n) is 4.74. The fourth-order valence-corrected chi connectivity index (χ4v) is 4.74. The van der Waals surface area contributed by atoms with E-state index >= 15 is 0 Å². The second-order valence-electron chi connectivity index (χ2n) is 7.74. The predicted molar refractivity (Wildman–Crippen MR) is 122 cm³/mol. The van der Waals surface area contributed by atoms with Crippen LogP contribution in [0.15, 0.2) is 60.7 Å². The molecule has 0 spiro atoms. The molecule has 1 N–H and O–H groups in total. The molecule has 3 aromatic carbocycles. The number of quaternary nitrogens is 1. The first-order valence-corrected chi connectivity index (χ1v) is 11.0. The first-order valence-electron chi connectivity index (χ1n) is 11.0. The van der Waals surface area contributed by atoms with Crippen molar-refractivity contribution in [3.05, 3.63) is 71.8 Å². The highest BCUT2D eigenvalue weighted by atomic mass is 35.5. The topological polar surface area (TPSA) is 40.7 Å². The minimum absolute atomic E-state index is 0. The minimum Gasteiger partial charge on any atom is -1.00 e. The van der Waals surface area contributed by atoms with Gasteiger partial charge in [-0.1, -0.05) is 42.5 Å². The van der Waals surface area contributed by atoms with Crippen molar-refractivity contribution in [2.24, 2.45) is 0 Å². The van der Waals surface area contributed by atoms with Crippen LogP contribution in [-0.4, -0.2) is 32.8 Å². The molecule has 4 rings (SSSR count). The molecule has 0 radical (unpaired) electrons. The van der Waals surface area contributed by atoms with Crippen LogP contribution < -0.4 is 22.2 Å². The first-order chi connectivity index (χ1) is 14.8. The van der Waals surface area contributed by atoms with Crippen molar-refractivity contribution >= 4 is 22.1 Å². The van der Waals surface area contributed by atoms with Crippen LogP contribution in [0.4, 0.5) is 11.4 Å². The summed E-state index contributed by atoms with van der Waals surface area (Å²) in [6.45, 7) is 8.39. The molecule has 0 saturated carbocycles. The number of nitrogens with one attached hydrogen (secondary N) is 1. The normalized spacial score (nSPS) is 16.7. The lowest BCUT2D eigenvalue weighted by atomic mass is 9.96. The summed E-state index contributed by atoms with van der Waals surface area (Å²) in [5.41, 5.74) is 5.22. The highest BCUT2D eigenvalue weighted by molar-refractivity contribution is 5.95. The number of nitrogens with zero attached hydrogens (tertiary/aromatic N) is 2. The number of hydrogen-bond acceptors (Lipinski definition) is 3. The molecular weight excluding hydrogens is 406 g/mol. The van der Waals surface area contributed by atoms with Crippen molar-refractivity contribution in [2.45, 2.75) is 26.3 Å². The van der Waals surface area contributed by atoms with Gasteiger partial charge in [-0.2, -0.15) is 5.26 Å². The van der Waals surface area contributed by atoms with Gasteiger partial charge in [0.15, 0.2) is 0 Å². The number of benzene rings is 3. The molecule has 31 heavy (non-hydrogen) atoms. The van der Waals surface area contributed by atoms with Crippen molar-refractivity contribution in [2.75, 3.05) is 37.7 Å². The molecule has 162 valence electrons. The van der Waals surface area contributed by atoms with Gasteiger partial charge in [0, 0.05) is 36.5 Å². The van der Waals surface area contributed by atoms with Crippen LogP contribution in [0.5, 0.6) is 0 Å². The van der Waals surface area contributed by atoms with E-state index in [4.69, 9.17) is 4.74 Å². The summed E-state index contributed by atoms with van der Waals surface area (Å²) in [5, 5.41) is 11.9. The Bertz CT molecular complexity index is 1040. The molecule has 3 aromatic rings. The molecule has 4 nitrogen and oxygen atoms in total. The number of halogens is 1. The van der Waals surface area contributed by atoms with E-state index in [2.05, 4.69) is 78.6 Å². The molecule has 0 aliphatic carbocycles. The Labute approximate surface area is 191 Å². The summed E-state index contributed by atoms with van der Waals surface area (Å²) in [6.07, 6.45) is 0.551. The molecule has 1 heterocycles. The van der Waals surface area contributed by atoms with Crippen LogP contribution in [-0.2, 0) is 4.74 Å². The number of ether oxygens (including phenoxy) is 1. The van der Waals surface area contributed by atoms with Crippen LogP contribution in [0.3, 0.4) is 0 Å². The molecule has 0 bridgehead atoms. The monoisotopic (exact) mass is 435 g/mol. The van der Waals surface area contributed by atoms with Crippen molar-refractivity contribution in [1.29, 1.82) is 5.26 Å². The largest absolute Gasteiger partial charge is 1.00 e. The Morgan fingerprint density at radius 2 is 1.77 bits per heavy atom. The summed E-state index contributed by atoms with van der Waals surface area (Å²) in [7, 11) is 0. The molecule has 1 aliphatic heterocycles. The standard InChI is InChI=1S/C26H29N3O.ClH/c1-3-28(18-19-30-4-2)22-14-12-21(13-15-22)26-23-10-5-8-20-9-6-11-24(25(20)23)29(26)17-7-16-27;/h5-6,8-15,26H,3-4,7,17-19H2,1-2H3;1H. The van der Waals surface area contributed by atoms with Crippen molar-refractivity contribution in [1.82, 2.24) is 0 Å². The van der Waals surface area contributed by atoms with Gasteiger partial charge in [0.1, 0.15) is 11.7 Å². The molecule has 0 saturated heterocycles. The van der Waals surface area contributed by atoms with E-state index in [0.29, 0.717) is 6.42 Å². The maximum Gasteiger partial charge on any atom is 0.144 e. The first kappa shape index (κ1) is 23.1. The van der Waals surface area contributed by atoms with E-state index in [9.17, 15) is 5.26 Å². The zero-order valence-electron chi connectivity index (χ0n) is 18.3. The van der Waals surface area contributed by atoms with Gasteiger partial charge in [0.2, 0.25) is 0 Å². The zero-order chi connectivity index (χ0) is 20.9. The highest BCUT2D eigenvalue weighted by Gasteiger charge is 2.37. The van der Waals surface area contributed by atoms with Gasteiger partial charge in [-0.3, -0.25) is 4.90 Å². The second-order valence-corrected chi connectivity index (χ2v) is 7.74. The molecular formula is C26H30ClN3O. The average molecular weight is 436 g/mol. The lowest BCUT2D eigenvalue weighted by Crippen LogP contribution is -3.06.